The third-order valence-corrected chi connectivity index (χ3v) is 2.02. The van der Waals surface area contributed by atoms with E-state index in [1.165, 1.54) is 12.3 Å². The molecule has 1 rings (SSSR count). The first-order valence-corrected chi connectivity index (χ1v) is 4.96. The molecule has 1 heterocycles. The standard InChI is InChI=1S/C11H15F2N3/c1-7(14)3-2-4-8-5-9(10(12)13)11(15)16-6-8/h2,4-7,10H,3,14H2,1H3,(H2,15,16)/b4-2+/t7-/m0/s1. The Balaban J connectivity index is 2.82. The minimum Gasteiger partial charge on any atom is -0.383 e. The van der Waals surface area contributed by atoms with Gasteiger partial charge < -0.3 is 11.5 Å². The molecule has 4 N–H and O–H groups in total. The van der Waals surface area contributed by atoms with E-state index in [0.717, 1.165) is 0 Å². The Labute approximate surface area is 93.2 Å². The van der Waals surface area contributed by atoms with E-state index >= 15 is 0 Å². The van der Waals surface area contributed by atoms with E-state index in [-0.39, 0.29) is 17.4 Å². The first-order valence-electron chi connectivity index (χ1n) is 4.96. The maximum Gasteiger partial charge on any atom is 0.267 e. The van der Waals surface area contributed by atoms with Crippen molar-refractivity contribution in [3.05, 3.63) is 29.5 Å². The molecule has 88 valence electrons. The van der Waals surface area contributed by atoms with E-state index in [9.17, 15) is 8.78 Å². The van der Waals surface area contributed by atoms with Gasteiger partial charge in [-0.25, -0.2) is 13.8 Å². The monoisotopic (exact) mass is 227 g/mol. The molecule has 3 nitrogen and oxygen atoms in total. The van der Waals surface area contributed by atoms with Crippen molar-refractivity contribution in [3.8, 4) is 0 Å². The number of alkyl halides is 2. The van der Waals surface area contributed by atoms with E-state index in [1.54, 1.807) is 6.08 Å². The summed E-state index contributed by atoms with van der Waals surface area (Å²) in [6, 6.07) is 1.39. The number of pyridine rings is 1. The maximum atomic E-state index is 12.5. The average Bonchev–Trinajstić information content (AvgIpc) is 2.19. The predicted octanol–water partition coefficient (Wildman–Crippen LogP) is 2.35. The van der Waals surface area contributed by atoms with E-state index in [1.807, 2.05) is 13.0 Å². The van der Waals surface area contributed by atoms with Crippen LogP contribution in [-0.2, 0) is 0 Å². The van der Waals surface area contributed by atoms with Crippen LogP contribution in [0.5, 0.6) is 0 Å². The second kappa shape index (κ2) is 5.55. The second-order valence-corrected chi connectivity index (χ2v) is 3.66. The number of aromatic nitrogens is 1. The number of hydrogen-bond donors (Lipinski definition) is 2. The molecule has 0 aliphatic rings. The smallest absolute Gasteiger partial charge is 0.267 e. The van der Waals surface area contributed by atoms with Gasteiger partial charge >= 0.3 is 0 Å². The summed E-state index contributed by atoms with van der Waals surface area (Å²) < 4.78 is 25.0. The molecule has 0 aliphatic carbocycles. The summed E-state index contributed by atoms with van der Waals surface area (Å²) in [6.45, 7) is 1.87. The zero-order valence-corrected chi connectivity index (χ0v) is 9.03. The zero-order valence-electron chi connectivity index (χ0n) is 9.03. The van der Waals surface area contributed by atoms with E-state index in [2.05, 4.69) is 4.98 Å². The fraction of sp³-hybridized carbons (Fsp3) is 0.364. The molecular weight excluding hydrogens is 212 g/mol. The molecule has 1 aromatic heterocycles. The molecule has 0 aliphatic heterocycles. The molecule has 1 aromatic rings. The Morgan fingerprint density at radius 3 is 2.75 bits per heavy atom. The minimum absolute atomic E-state index is 0.0487. The zero-order chi connectivity index (χ0) is 12.1. The molecule has 0 fully saturated rings. The SMILES string of the molecule is C[C@H](N)C/C=C/c1cnc(N)c(C(F)F)c1. The van der Waals surface area contributed by atoms with Crippen molar-refractivity contribution in [1.29, 1.82) is 0 Å². The van der Waals surface area contributed by atoms with Crippen molar-refractivity contribution < 1.29 is 8.78 Å². The Hall–Kier alpha value is -1.49. The van der Waals surface area contributed by atoms with Gasteiger partial charge in [0.05, 0.1) is 5.56 Å². The van der Waals surface area contributed by atoms with E-state index in [4.69, 9.17) is 11.5 Å². The first-order chi connectivity index (χ1) is 7.50. The van der Waals surface area contributed by atoms with Gasteiger partial charge in [0.2, 0.25) is 0 Å². The normalized spacial score (nSPS) is 13.6. The van der Waals surface area contributed by atoms with Gasteiger partial charge in [0.1, 0.15) is 5.82 Å². The van der Waals surface area contributed by atoms with Gasteiger partial charge in [-0.2, -0.15) is 0 Å². The fourth-order valence-corrected chi connectivity index (χ4v) is 1.19. The van der Waals surface area contributed by atoms with Crippen LogP contribution < -0.4 is 11.5 Å². The van der Waals surface area contributed by atoms with E-state index < -0.39 is 6.43 Å². The molecule has 16 heavy (non-hydrogen) atoms. The highest BCUT2D eigenvalue weighted by Gasteiger charge is 2.12. The summed E-state index contributed by atoms with van der Waals surface area (Å²) in [5, 5.41) is 0. The van der Waals surface area contributed by atoms with Crippen molar-refractivity contribution in [2.45, 2.75) is 25.8 Å². The Morgan fingerprint density at radius 2 is 2.19 bits per heavy atom. The Kier molecular flexibility index (Phi) is 4.37. The van der Waals surface area contributed by atoms with E-state index in [0.29, 0.717) is 12.0 Å². The van der Waals surface area contributed by atoms with Gasteiger partial charge in [-0.3, -0.25) is 0 Å². The van der Waals surface area contributed by atoms with Gasteiger partial charge in [-0.1, -0.05) is 12.2 Å². The Morgan fingerprint density at radius 1 is 1.50 bits per heavy atom. The highest BCUT2D eigenvalue weighted by Crippen LogP contribution is 2.24. The van der Waals surface area contributed by atoms with Gasteiger partial charge in [0, 0.05) is 12.2 Å². The predicted molar refractivity (Wildman–Crippen MR) is 60.9 cm³/mol. The van der Waals surface area contributed by atoms with Gasteiger partial charge in [-0.15, -0.1) is 0 Å². The van der Waals surface area contributed by atoms with Crippen LogP contribution in [0.25, 0.3) is 6.08 Å². The van der Waals surface area contributed by atoms with Crippen molar-refractivity contribution in [2.75, 3.05) is 5.73 Å². The molecule has 1 atom stereocenters. The molecule has 0 spiro atoms. The highest BCUT2D eigenvalue weighted by molar-refractivity contribution is 5.53. The molecular formula is C11H15F2N3. The molecule has 0 unspecified atom stereocenters. The lowest BCUT2D eigenvalue weighted by Gasteiger charge is -2.04. The van der Waals surface area contributed by atoms with Crippen LogP contribution in [0.4, 0.5) is 14.6 Å². The van der Waals surface area contributed by atoms with Crippen LogP contribution in [-0.4, -0.2) is 11.0 Å². The summed E-state index contributed by atoms with van der Waals surface area (Å²) in [7, 11) is 0. The third-order valence-electron chi connectivity index (χ3n) is 2.02. The van der Waals surface area contributed by atoms with Crippen LogP contribution in [0.3, 0.4) is 0 Å². The average molecular weight is 227 g/mol. The van der Waals surface area contributed by atoms with Crippen molar-refractivity contribution in [1.82, 2.24) is 4.98 Å². The lowest BCUT2D eigenvalue weighted by Crippen LogP contribution is -2.12. The van der Waals surface area contributed by atoms with Crippen molar-refractivity contribution in [2.24, 2.45) is 5.73 Å². The summed E-state index contributed by atoms with van der Waals surface area (Å²) in [6.07, 6.45) is 3.08. The number of rotatable bonds is 4. The quantitative estimate of drug-likeness (QED) is 0.829. The summed E-state index contributed by atoms with van der Waals surface area (Å²) in [4.78, 5) is 3.71. The summed E-state index contributed by atoms with van der Waals surface area (Å²) >= 11 is 0. The molecule has 0 saturated heterocycles. The van der Waals surface area contributed by atoms with Crippen LogP contribution in [0.1, 0.15) is 30.9 Å². The number of nitrogen functional groups attached to an aromatic ring is 1. The van der Waals surface area contributed by atoms with Crippen molar-refractivity contribution in [3.63, 3.8) is 0 Å². The molecule has 0 bridgehead atoms. The molecule has 5 heteroatoms. The van der Waals surface area contributed by atoms with Crippen LogP contribution in [0.15, 0.2) is 18.3 Å². The largest absolute Gasteiger partial charge is 0.383 e. The number of anilines is 1. The van der Waals surface area contributed by atoms with Crippen LogP contribution in [0.2, 0.25) is 0 Å². The number of hydrogen-bond acceptors (Lipinski definition) is 3. The number of nitrogens with zero attached hydrogens (tertiary/aromatic N) is 1. The molecule has 0 amide bonds. The maximum absolute atomic E-state index is 12.5. The number of nitrogens with two attached hydrogens (primary N) is 2. The topological polar surface area (TPSA) is 64.9 Å². The minimum atomic E-state index is -2.60. The van der Waals surface area contributed by atoms with Gasteiger partial charge in [0.25, 0.3) is 6.43 Å². The third kappa shape index (κ3) is 3.58. The van der Waals surface area contributed by atoms with Gasteiger partial charge in [0.15, 0.2) is 0 Å². The molecule has 0 radical (unpaired) electrons. The van der Waals surface area contributed by atoms with Gasteiger partial charge in [-0.05, 0) is 25.0 Å². The lowest BCUT2D eigenvalue weighted by molar-refractivity contribution is 0.152. The van der Waals surface area contributed by atoms with Crippen molar-refractivity contribution >= 4 is 11.9 Å². The second-order valence-electron chi connectivity index (χ2n) is 3.66. The number of halogens is 2. The summed E-state index contributed by atoms with van der Waals surface area (Å²) in [5.74, 6) is -0.126. The summed E-state index contributed by atoms with van der Waals surface area (Å²) in [5.41, 5.74) is 11.3. The van der Waals surface area contributed by atoms with Crippen LogP contribution in [0, 0.1) is 0 Å². The highest BCUT2D eigenvalue weighted by atomic mass is 19.3. The molecule has 0 saturated carbocycles. The molecule has 0 aromatic carbocycles. The fourth-order valence-electron chi connectivity index (χ4n) is 1.19. The van der Waals surface area contributed by atoms with Crippen LogP contribution >= 0.6 is 0 Å². The Bertz CT molecular complexity index is 375. The lowest BCUT2D eigenvalue weighted by atomic mass is 10.1. The first kappa shape index (κ1) is 12.6.